The lowest BCUT2D eigenvalue weighted by Gasteiger charge is -2.26. The number of aliphatic hydroxyl groups excluding tert-OH is 1. The van der Waals surface area contributed by atoms with Gasteiger partial charge in [0.05, 0.1) is 5.57 Å². The average Bonchev–Trinajstić information content (AvgIpc) is 2.69. The minimum absolute atomic E-state index is 0.105. The highest BCUT2D eigenvalue weighted by atomic mass is 32.2. The maximum atomic E-state index is 13.1. The Bertz CT molecular complexity index is 901. The molecule has 0 saturated carbocycles. The number of Topliss-reactive ketones (excluding diaryl/α,β-unsaturated/α-hetero) is 1. The fourth-order valence-electron chi connectivity index (χ4n) is 4.34. The maximum absolute atomic E-state index is 13.1. The smallest absolute Gasteiger partial charge is 0.167 e. The third-order valence-corrected chi connectivity index (χ3v) is 7.07. The monoisotopic (exact) mass is 408 g/mol. The highest BCUT2D eigenvalue weighted by molar-refractivity contribution is 7.99. The molecule has 0 aromatic heterocycles. The second-order valence-corrected chi connectivity index (χ2v) is 9.22. The lowest BCUT2D eigenvalue weighted by molar-refractivity contribution is -0.115. The summed E-state index contributed by atoms with van der Waals surface area (Å²) in [6.07, 6.45) is 3.82. The van der Waals surface area contributed by atoms with Gasteiger partial charge in [0.1, 0.15) is 5.76 Å². The number of hydrogen-bond acceptors (Lipinski definition) is 3. The van der Waals surface area contributed by atoms with Gasteiger partial charge < -0.3 is 5.11 Å². The number of allylic oxidation sites excluding steroid dienone is 2. The molecule has 0 radical (unpaired) electrons. The summed E-state index contributed by atoms with van der Waals surface area (Å²) in [5.41, 5.74) is 6.44. The average molecular weight is 409 g/mol. The van der Waals surface area contributed by atoms with Crippen molar-refractivity contribution in [1.82, 2.24) is 0 Å². The zero-order chi connectivity index (χ0) is 21.0. The normalized spacial score (nSPS) is 17.1. The molecule has 3 heteroatoms. The van der Waals surface area contributed by atoms with Crippen molar-refractivity contribution in [2.75, 3.05) is 5.75 Å². The second kappa shape index (κ2) is 9.67. The summed E-state index contributed by atoms with van der Waals surface area (Å²) in [7, 11) is 0. The summed E-state index contributed by atoms with van der Waals surface area (Å²) in [5, 5.41) is 10.9. The van der Waals surface area contributed by atoms with Crippen molar-refractivity contribution in [2.24, 2.45) is 5.92 Å². The molecule has 2 aromatic carbocycles. The first-order valence-corrected chi connectivity index (χ1v) is 11.7. The summed E-state index contributed by atoms with van der Waals surface area (Å²) in [6.45, 7) is 8.47. The van der Waals surface area contributed by atoms with E-state index < -0.39 is 0 Å². The quantitative estimate of drug-likeness (QED) is 0.509. The molecule has 0 heterocycles. The minimum atomic E-state index is 0.105. The first-order chi connectivity index (χ1) is 13.9. The maximum Gasteiger partial charge on any atom is 0.167 e. The van der Waals surface area contributed by atoms with Crippen LogP contribution in [0.25, 0.3) is 5.57 Å². The zero-order valence-corrected chi connectivity index (χ0v) is 18.9. The van der Waals surface area contributed by atoms with Crippen LogP contribution in [0.3, 0.4) is 0 Å². The zero-order valence-electron chi connectivity index (χ0n) is 18.0. The molecule has 0 saturated heterocycles. The molecule has 1 aliphatic rings. The Hall–Kier alpha value is -2.00. The van der Waals surface area contributed by atoms with E-state index in [4.69, 9.17) is 0 Å². The largest absolute Gasteiger partial charge is 0.512 e. The Balaban J connectivity index is 1.77. The van der Waals surface area contributed by atoms with Crippen molar-refractivity contribution in [3.8, 4) is 0 Å². The third-order valence-electron chi connectivity index (χ3n) is 5.86. The fraction of sp³-hybridized carbons (Fsp3) is 0.423. The summed E-state index contributed by atoms with van der Waals surface area (Å²) < 4.78 is 0. The molecular formula is C26H32O2S. The number of rotatable bonds is 7. The molecule has 154 valence electrons. The summed E-state index contributed by atoms with van der Waals surface area (Å²) in [6, 6.07) is 12.7. The number of aryl methyl sites for hydroxylation is 4. The van der Waals surface area contributed by atoms with E-state index in [1.165, 1.54) is 27.1 Å². The molecule has 2 nitrogen and oxygen atoms in total. The van der Waals surface area contributed by atoms with E-state index in [9.17, 15) is 9.90 Å². The predicted molar refractivity (Wildman–Crippen MR) is 124 cm³/mol. The number of carbonyl (C=O) groups excluding carboxylic acids is 1. The molecule has 2 aromatic rings. The van der Waals surface area contributed by atoms with Crippen LogP contribution in [0.2, 0.25) is 0 Å². The van der Waals surface area contributed by atoms with Crippen LogP contribution in [0.1, 0.15) is 60.9 Å². The highest BCUT2D eigenvalue weighted by Gasteiger charge is 2.30. The van der Waals surface area contributed by atoms with Gasteiger partial charge in [0, 0.05) is 17.7 Å². The lowest BCUT2D eigenvalue weighted by Crippen LogP contribution is -2.21. The molecule has 0 aliphatic heterocycles. The van der Waals surface area contributed by atoms with Gasteiger partial charge in [0.2, 0.25) is 0 Å². The molecule has 1 aliphatic carbocycles. The van der Waals surface area contributed by atoms with Crippen LogP contribution in [0.4, 0.5) is 0 Å². The second-order valence-electron chi connectivity index (χ2n) is 8.09. The van der Waals surface area contributed by atoms with E-state index in [1.54, 1.807) is 0 Å². The van der Waals surface area contributed by atoms with Crippen LogP contribution in [-0.4, -0.2) is 16.6 Å². The first-order valence-electron chi connectivity index (χ1n) is 10.7. The Morgan fingerprint density at radius 3 is 2.28 bits per heavy atom. The number of benzene rings is 2. The van der Waals surface area contributed by atoms with Gasteiger partial charge in [-0.15, -0.1) is 11.8 Å². The van der Waals surface area contributed by atoms with Crippen molar-refractivity contribution in [3.63, 3.8) is 0 Å². The fourth-order valence-corrected chi connectivity index (χ4v) is 5.48. The lowest BCUT2D eigenvalue weighted by atomic mass is 9.79. The van der Waals surface area contributed by atoms with Gasteiger partial charge in [0.15, 0.2) is 5.78 Å². The van der Waals surface area contributed by atoms with E-state index in [1.807, 2.05) is 11.8 Å². The van der Waals surface area contributed by atoms with Crippen LogP contribution in [0.15, 0.2) is 47.1 Å². The molecule has 0 fully saturated rings. The number of thioether (sulfide) groups is 1. The van der Waals surface area contributed by atoms with Gasteiger partial charge in [-0.1, -0.05) is 49.7 Å². The van der Waals surface area contributed by atoms with Crippen LogP contribution >= 0.6 is 11.8 Å². The van der Waals surface area contributed by atoms with Gasteiger partial charge in [-0.3, -0.25) is 4.79 Å². The molecular weight excluding hydrogens is 376 g/mol. The van der Waals surface area contributed by atoms with E-state index in [-0.39, 0.29) is 11.7 Å². The van der Waals surface area contributed by atoms with Crippen molar-refractivity contribution < 1.29 is 9.90 Å². The summed E-state index contributed by atoms with van der Waals surface area (Å²) in [5.74, 6) is 1.59. The predicted octanol–water partition coefficient (Wildman–Crippen LogP) is 6.86. The van der Waals surface area contributed by atoms with E-state index >= 15 is 0 Å². The first kappa shape index (κ1) is 21.7. The molecule has 1 N–H and O–H groups in total. The summed E-state index contributed by atoms with van der Waals surface area (Å²) in [4.78, 5) is 14.4. The van der Waals surface area contributed by atoms with E-state index in [0.29, 0.717) is 24.2 Å². The Labute approximate surface area is 179 Å². The topological polar surface area (TPSA) is 37.3 Å². The Kier molecular flexibility index (Phi) is 7.23. The standard InChI is InChI=1S/C26H32O2S/c1-5-20-13-17(3)14-21(6-2)25(20)26-22(27)15-19(16-23(26)28)11-12-29-24-10-8-7-9-18(24)4/h7-10,13-14,19,27H,5-6,11-12,15-16H2,1-4H3. The Morgan fingerprint density at radius 1 is 1.03 bits per heavy atom. The summed E-state index contributed by atoms with van der Waals surface area (Å²) >= 11 is 1.85. The number of hydrogen-bond donors (Lipinski definition) is 1. The molecule has 3 rings (SSSR count). The van der Waals surface area contributed by atoms with Gasteiger partial charge in [0.25, 0.3) is 0 Å². The Morgan fingerprint density at radius 2 is 1.69 bits per heavy atom. The van der Waals surface area contributed by atoms with Crippen molar-refractivity contribution >= 4 is 23.1 Å². The number of aliphatic hydroxyl groups is 1. The highest BCUT2D eigenvalue weighted by Crippen LogP contribution is 2.38. The SMILES string of the molecule is CCc1cc(C)cc(CC)c1C1=C(O)CC(CCSc2ccccc2C)CC1=O. The van der Waals surface area contributed by atoms with Crippen LogP contribution < -0.4 is 0 Å². The molecule has 1 unspecified atom stereocenters. The van der Waals surface area contributed by atoms with Gasteiger partial charge in [-0.05, 0) is 73.1 Å². The van der Waals surface area contributed by atoms with Gasteiger partial charge in [-0.25, -0.2) is 0 Å². The molecule has 0 spiro atoms. The minimum Gasteiger partial charge on any atom is -0.512 e. The third kappa shape index (κ3) is 4.95. The van der Waals surface area contributed by atoms with Crippen LogP contribution in [0.5, 0.6) is 0 Å². The molecule has 0 bridgehead atoms. The molecule has 1 atom stereocenters. The molecule has 29 heavy (non-hydrogen) atoms. The molecule has 0 amide bonds. The van der Waals surface area contributed by atoms with Crippen LogP contribution in [0, 0.1) is 19.8 Å². The van der Waals surface area contributed by atoms with Gasteiger partial charge >= 0.3 is 0 Å². The number of ketones is 1. The van der Waals surface area contributed by atoms with Crippen molar-refractivity contribution in [3.05, 3.63) is 70.0 Å². The van der Waals surface area contributed by atoms with E-state index in [2.05, 4.69) is 64.1 Å². The van der Waals surface area contributed by atoms with Crippen molar-refractivity contribution in [1.29, 1.82) is 0 Å². The van der Waals surface area contributed by atoms with Gasteiger partial charge in [-0.2, -0.15) is 0 Å². The van der Waals surface area contributed by atoms with Crippen LogP contribution in [-0.2, 0) is 17.6 Å². The van der Waals surface area contributed by atoms with E-state index in [0.717, 1.165) is 30.6 Å². The van der Waals surface area contributed by atoms with Crippen molar-refractivity contribution in [2.45, 2.75) is 64.7 Å². The number of carbonyl (C=O) groups is 1.